The number of benzene rings is 7. The van der Waals surface area contributed by atoms with Gasteiger partial charge in [0.25, 0.3) is 0 Å². The van der Waals surface area contributed by atoms with E-state index in [1.54, 1.807) is 0 Å². The molecule has 2 saturated heterocycles. The molecule has 2 heterocycles. The Bertz CT molecular complexity index is 2070. The normalized spacial score (nSPS) is 15.8. The molecule has 2 aliphatic heterocycles. The Balaban J connectivity index is 1.19. The van der Waals surface area contributed by atoms with Gasteiger partial charge in [-0.2, -0.15) is 0 Å². The van der Waals surface area contributed by atoms with E-state index in [2.05, 4.69) is 215 Å². The summed E-state index contributed by atoms with van der Waals surface area (Å²) in [6, 6.07) is 52.6. The van der Waals surface area contributed by atoms with Crippen molar-refractivity contribution in [3.63, 3.8) is 0 Å². The van der Waals surface area contributed by atoms with Crippen molar-refractivity contribution >= 4 is 44.3 Å². The minimum Gasteiger partial charge on any atom is -0.286 e. The van der Waals surface area contributed by atoms with E-state index in [4.69, 9.17) is 0 Å². The quantitative estimate of drug-likeness (QED) is 0.128. The van der Waals surface area contributed by atoms with Gasteiger partial charge in [-0.3, -0.25) is 20.0 Å². The lowest BCUT2D eigenvalue weighted by Crippen LogP contribution is -2.63. The second-order valence-electron chi connectivity index (χ2n) is 14.6. The van der Waals surface area contributed by atoms with Crippen LogP contribution in [0, 0.1) is 27.7 Å². The summed E-state index contributed by atoms with van der Waals surface area (Å²) in [5.74, 6) is 0. The highest BCUT2D eigenvalue weighted by molar-refractivity contribution is 6.06. The van der Waals surface area contributed by atoms with Crippen LogP contribution in [0.4, 0.5) is 22.7 Å². The molecule has 54 heavy (non-hydrogen) atoms. The van der Waals surface area contributed by atoms with Crippen LogP contribution < -0.4 is 41.7 Å². The molecule has 4 N–H and O–H groups in total. The summed E-state index contributed by atoms with van der Waals surface area (Å²) in [5.41, 5.74) is 27.4. The summed E-state index contributed by atoms with van der Waals surface area (Å²) in [6.45, 7) is 9.77. The molecule has 7 aromatic carbocycles. The van der Waals surface area contributed by atoms with Gasteiger partial charge in [-0.05, 0) is 97.8 Å². The molecule has 0 unspecified atom stereocenters. The SMILES string of the molecule is Cc1ccc(N2CN(c3ccc(C)cc3)NC(c3c4ccccc4c(C4NN(c5ccc(C)cc5)CN(c5ccc(C)cc5)N4)c4ccccc34)N2)cc1. The standard InChI is InChI=1S/C46H46N8/c1-31-13-21-35(22-14-31)51-29-52(36-23-15-32(2)16-24-36)48-45(47-51)43-39-9-5-7-11-41(39)44(42-12-8-6-10-40(42)43)46-49-53(37-25-17-33(3)18-26-37)30-54(50-46)38-27-19-34(4)20-28-38/h5-28,45-50H,29-30H2,1-4H3. The van der Waals surface area contributed by atoms with Gasteiger partial charge in [0, 0.05) is 11.1 Å². The second kappa shape index (κ2) is 14.2. The Kier molecular flexibility index (Phi) is 8.89. The third-order valence-electron chi connectivity index (χ3n) is 10.7. The monoisotopic (exact) mass is 710 g/mol. The third-order valence-corrected chi connectivity index (χ3v) is 10.7. The van der Waals surface area contributed by atoms with Crippen LogP contribution in [0.2, 0.25) is 0 Å². The van der Waals surface area contributed by atoms with E-state index in [0.717, 1.165) is 22.7 Å². The van der Waals surface area contributed by atoms with Gasteiger partial charge >= 0.3 is 0 Å². The first-order chi connectivity index (χ1) is 26.4. The highest BCUT2D eigenvalue weighted by atomic mass is 15.7. The molecule has 0 spiro atoms. The zero-order valence-corrected chi connectivity index (χ0v) is 31.2. The number of nitrogens with one attached hydrogen (secondary N) is 4. The average Bonchev–Trinajstić information content (AvgIpc) is 3.20. The van der Waals surface area contributed by atoms with E-state index >= 15 is 0 Å². The first-order valence-electron chi connectivity index (χ1n) is 18.7. The van der Waals surface area contributed by atoms with Crippen LogP contribution in [0.3, 0.4) is 0 Å². The van der Waals surface area contributed by atoms with Crippen LogP contribution in [0.25, 0.3) is 21.5 Å². The summed E-state index contributed by atoms with van der Waals surface area (Å²) >= 11 is 0. The highest BCUT2D eigenvalue weighted by Crippen LogP contribution is 2.40. The van der Waals surface area contributed by atoms with Crippen molar-refractivity contribution in [2.45, 2.75) is 40.0 Å². The predicted octanol–water partition coefficient (Wildman–Crippen LogP) is 9.21. The predicted molar refractivity (Wildman–Crippen MR) is 224 cm³/mol. The number of aryl methyl sites for hydroxylation is 4. The summed E-state index contributed by atoms with van der Waals surface area (Å²) < 4.78 is 0. The number of hydrogen-bond acceptors (Lipinski definition) is 8. The van der Waals surface area contributed by atoms with Gasteiger partial charge in [0.05, 0.1) is 22.7 Å². The summed E-state index contributed by atoms with van der Waals surface area (Å²) in [7, 11) is 0. The van der Waals surface area contributed by atoms with Crippen LogP contribution in [0.5, 0.6) is 0 Å². The summed E-state index contributed by atoms with van der Waals surface area (Å²) in [5, 5.41) is 13.7. The molecule has 0 amide bonds. The van der Waals surface area contributed by atoms with Gasteiger partial charge in [-0.25, -0.2) is 21.7 Å². The lowest BCUT2D eigenvalue weighted by Gasteiger charge is -2.45. The Hall–Kier alpha value is -5.90. The molecular weight excluding hydrogens is 665 g/mol. The molecule has 2 fully saturated rings. The van der Waals surface area contributed by atoms with E-state index < -0.39 is 0 Å². The van der Waals surface area contributed by atoms with E-state index in [1.807, 2.05) is 0 Å². The number of fused-ring (bicyclic) bond motifs is 2. The molecule has 0 saturated carbocycles. The molecule has 2 aliphatic rings. The Morgan fingerprint density at radius 2 is 0.556 bits per heavy atom. The minimum absolute atomic E-state index is 0.245. The molecule has 0 aromatic heterocycles. The number of rotatable bonds is 6. The molecular formula is C46H46N8. The lowest BCUT2D eigenvalue weighted by molar-refractivity contribution is 0.349. The number of nitrogens with zero attached hydrogens (tertiary/aromatic N) is 4. The first-order valence-corrected chi connectivity index (χ1v) is 18.7. The van der Waals surface area contributed by atoms with Crippen molar-refractivity contribution in [2.24, 2.45) is 0 Å². The maximum atomic E-state index is 3.90. The molecule has 7 aromatic rings. The van der Waals surface area contributed by atoms with E-state index in [-0.39, 0.29) is 12.3 Å². The average molecular weight is 711 g/mol. The van der Waals surface area contributed by atoms with Gasteiger partial charge in [0.2, 0.25) is 0 Å². The fraction of sp³-hybridized carbons (Fsp3) is 0.174. The Morgan fingerprint density at radius 3 is 0.778 bits per heavy atom. The van der Waals surface area contributed by atoms with Crippen molar-refractivity contribution < 1.29 is 0 Å². The minimum atomic E-state index is -0.245. The smallest absolute Gasteiger partial charge is 0.120 e. The zero-order valence-electron chi connectivity index (χ0n) is 31.2. The van der Waals surface area contributed by atoms with E-state index in [1.165, 1.54) is 54.9 Å². The molecule has 0 atom stereocenters. The van der Waals surface area contributed by atoms with Crippen LogP contribution in [0.1, 0.15) is 45.7 Å². The zero-order chi connectivity index (χ0) is 36.8. The van der Waals surface area contributed by atoms with E-state index in [9.17, 15) is 0 Å². The fourth-order valence-electron chi connectivity index (χ4n) is 7.73. The highest BCUT2D eigenvalue weighted by Gasteiger charge is 2.33. The van der Waals surface area contributed by atoms with Crippen molar-refractivity contribution in [3.05, 3.63) is 179 Å². The number of hydrazine groups is 4. The largest absolute Gasteiger partial charge is 0.286 e. The van der Waals surface area contributed by atoms with E-state index in [0.29, 0.717) is 13.3 Å². The van der Waals surface area contributed by atoms with Gasteiger partial charge in [0.15, 0.2) is 0 Å². The Labute approximate surface area is 317 Å². The van der Waals surface area contributed by atoms with Crippen LogP contribution in [0.15, 0.2) is 146 Å². The van der Waals surface area contributed by atoms with Gasteiger partial charge in [0.1, 0.15) is 25.7 Å². The third kappa shape index (κ3) is 6.50. The fourth-order valence-corrected chi connectivity index (χ4v) is 7.73. The molecule has 0 bridgehead atoms. The number of anilines is 4. The maximum Gasteiger partial charge on any atom is 0.120 e. The molecule has 270 valence electrons. The summed E-state index contributed by atoms with van der Waals surface area (Å²) in [6.07, 6.45) is -0.490. The van der Waals surface area contributed by atoms with Crippen molar-refractivity contribution in [2.75, 3.05) is 33.4 Å². The van der Waals surface area contributed by atoms with Gasteiger partial charge < -0.3 is 0 Å². The topological polar surface area (TPSA) is 61.1 Å². The van der Waals surface area contributed by atoms with Crippen molar-refractivity contribution in [1.82, 2.24) is 21.7 Å². The van der Waals surface area contributed by atoms with Gasteiger partial charge in [-0.1, -0.05) is 119 Å². The van der Waals surface area contributed by atoms with Crippen LogP contribution >= 0.6 is 0 Å². The Morgan fingerprint density at radius 1 is 0.333 bits per heavy atom. The van der Waals surface area contributed by atoms with Gasteiger partial charge in [-0.15, -0.1) is 0 Å². The van der Waals surface area contributed by atoms with Crippen molar-refractivity contribution in [3.8, 4) is 0 Å². The van der Waals surface area contributed by atoms with Crippen LogP contribution in [-0.2, 0) is 0 Å². The molecule has 8 heteroatoms. The molecule has 0 aliphatic carbocycles. The molecule has 9 rings (SSSR count). The van der Waals surface area contributed by atoms with Crippen LogP contribution in [-0.4, -0.2) is 13.3 Å². The van der Waals surface area contributed by atoms with Crippen molar-refractivity contribution in [1.29, 1.82) is 0 Å². The summed E-state index contributed by atoms with van der Waals surface area (Å²) in [4.78, 5) is 0. The maximum absolute atomic E-state index is 3.90. The first kappa shape index (κ1) is 33.9. The lowest BCUT2D eigenvalue weighted by atomic mass is 9.89. The molecule has 8 nitrogen and oxygen atoms in total. The number of hydrogen-bond donors (Lipinski definition) is 4. The second-order valence-corrected chi connectivity index (χ2v) is 14.6. The molecule has 0 radical (unpaired) electrons.